The van der Waals surface area contributed by atoms with E-state index in [4.69, 9.17) is 0 Å². The van der Waals surface area contributed by atoms with Crippen molar-refractivity contribution in [1.29, 1.82) is 0 Å². The van der Waals surface area contributed by atoms with Crippen LogP contribution >= 0.6 is 0 Å². The second-order valence-electron chi connectivity index (χ2n) is 17.3. The maximum absolute atomic E-state index is 15.1. The van der Waals surface area contributed by atoms with E-state index in [1.807, 2.05) is 58.9 Å². The van der Waals surface area contributed by atoms with Gasteiger partial charge in [-0.2, -0.15) is 4.31 Å². The number of likely N-dealkylation sites (N-methyl/N-ethyl adjacent to an activating group) is 1. The fourth-order valence-electron chi connectivity index (χ4n) is 7.95. The molecule has 1 unspecified atom stereocenters. The van der Waals surface area contributed by atoms with Crippen LogP contribution in [0.5, 0.6) is 0 Å². The van der Waals surface area contributed by atoms with Gasteiger partial charge in [-0.1, -0.05) is 97.7 Å². The van der Waals surface area contributed by atoms with E-state index in [-0.39, 0.29) is 48.3 Å². The number of pyridine rings is 1. The molecule has 1 fully saturated rings. The summed E-state index contributed by atoms with van der Waals surface area (Å²) >= 11 is 0. The van der Waals surface area contributed by atoms with E-state index in [2.05, 4.69) is 46.7 Å². The van der Waals surface area contributed by atoms with Gasteiger partial charge < -0.3 is 26.2 Å². The van der Waals surface area contributed by atoms with Crippen molar-refractivity contribution in [2.75, 3.05) is 26.7 Å². The Morgan fingerprint density at radius 1 is 0.966 bits per heavy atom. The first-order valence-electron chi connectivity index (χ1n) is 20.3. The van der Waals surface area contributed by atoms with Crippen molar-refractivity contribution in [3.63, 3.8) is 0 Å². The molecule has 318 valence electrons. The molecule has 58 heavy (non-hydrogen) atoms. The molecule has 1 aromatic carbocycles. The largest absolute Gasteiger partial charge is 0.346 e. The fraction of sp³-hybridized carbons (Fsp3) is 0.581. The summed E-state index contributed by atoms with van der Waals surface area (Å²) in [6.45, 7) is 17.5. The molecule has 1 aliphatic heterocycles. The lowest BCUT2D eigenvalue weighted by atomic mass is 9.72. The zero-order valence-electron chi connectivity index (χ0n) is 35.3. The number of Topliss-reactive ketones (excluding diaryl/α,β-unsaturated/α-hetero) is 1. The number of fused-ring (bicyclic) bond motifs is 1. The molecule has 5 atom stereocenters. The third kappa shape index (κ3) is 10.9. The number of aromatic nitrogens is 1. The number of urea groups is 1. The van der Waals surface area contributed by atoms with Crippen LogP contribution < -0.4 is 21.3 Å². The van der Waals surface area contributed by atoms with Gasteiger partial charge in [0.05, 0.1) is 6.04 Å². The number of nitrogens with one attached hydrogen (secondary N) is 4. The quantitative estimate of drug-likeness (QED) is 0.128. The number of benzene rings is 1. The molecule has 0 bridgehead atoms. The summed E-state index contributed by atoms with van der Waals surface area (Å²) in [5.74, 6) is -3.18. The standard InChI is InChI=1S/C43H63N7O7S/c1-10-17-32(37(51)39(53)45-22-11-2)46-38(52)36-31(43(7,8)12-3)21-24-50(36)40(54)35(30-25-28-18-13-14-19-29(28)26-30)48-41(55)47-33(42(4,5)6)27-49(9)58(56,57)34-20-15-16-23-44-34/h11,13-16,18-20,23,30-33,35-36H,2,10,12,17,21-22,24-27H2,1,3-9H3,(H,45,53)(H,46,52)(H2,47,48,55)/t31-,32?,33+,35-,36-/m0/s1. The van der Waals surface area contributed by atoms with Crippen molar-refractivity contribution in [3.05, 3.63) is 72.4 Å². The first-order valence-corrected chi connectivity index (χ1v) is 21.8. The monoisotopic (exact) mass is 821 g/mol. The highest BCUT2D eigenvalue weighted by molar-refractivity contribution is 7.89. The Morgan fingerprint density at radius 2 is 1.60 bits per heavy atom. The number of amides is 5. The van der Waals surface area contributed by atoms with Crippen LogP contribution in [0.2, 0.25) is 0 Å². The second kappa shape index (κ2) is 19.4. The molecule has 2 aliphatic rings. The maximum atomic E-state index is 15.1. The van der Waals surface area contributed by atoms with Gasteiger partial charge in [0.1, 0.15) is 12.1 Å². The Hall–Kier alpha value is -4.63. The van der Waals surface area contributed by atoms with Crippen molar-refractivity contribution in [2.45, 2.75) is 116 Å². The minimum Gasteiger partial charge on any atom is -0.346 e. The molecule has 14 nitrogen and oxygen atoms in total. The summed E-state index contributed by atoms with van der Waals surface area (Å²) in [5, 5.41) is 11.2. The molecule has 5 amide bonds. The molecule has 0 saturated carbocycles. The maximum Gasteiger partial charge on any atom is 0.315 e. The lowest BCUT2D eigenvalue weighted by molar-refractivity contribution is -0.144. The molecule has 15 heteroatoms. The van der Waals surface area contributed by atoms with Gasteiger partial charge in [0.2, 0.25) is 17.6 Å². The van der Waals surface area contributed by atoms with E-state index < -0.39 is 69.1 Å². The third-order valence-corrected chi connectivity index (χ3v) is 13.7. The van der Waals surface area contributed by atoms with E-state index in [9.17, 15) is 27.6 Å². The van der Waals surface area contributed by atoms with Gasteiger partial charge in [0.25, 0.3) is 15.9 Å². The number of hydrogen-bond donors (Lipinski definition) is 4. The lowest BCUT2D eigenvalue weighted by Gasteiger charge is -2.39. The predicted octanol–water partition coefficient (Wildman–Crippen LogP) is 4.01. The molecule has 1 aromatic heterocycles. The highest BCUT2D eigenvalue weighted by atomic mass is 32.2. The Bertz CT molecular complexity index is 1890. The van der Waals surface area contributed by atoms with Crippen molar-refractivity contribution in [2.24, 2.45) is 22.7 Å². The minimum atomic E-state index is -3.98. The molecular formula is C43H63N7O7S. The smallest absolute Gasteiger partial charge is 0.315 e. The van der Waals surface area contributed by atoms with Crippen LogP contribution in [-0.2, 0) is 42.0 Å². The number of likely N-dealkylation sites (tertiary alicyclic amines) is 1. The first-order chi connectivity index (χ1) is 27.3. The van der Waals surface area contributed by atoms with E-state index in [0.717, 1.165) is 15.4 Å². The molecule has 1 saturated heterocycles. The van der Waals surface area contributed by atoms with Gasteiger partial charge in [0.15, 0.2) is 5.03 Å². The van der Waals surface area contributed by atoms with Gasteiger partial charge in [-0.3, -0.25) is 19.2 Å². The van der Waals surface area contributed by atoms with Crippen LogP contribution in [0.15, 0.2) is 66.3 Å². The SMILES string of the molecule is C=CCNC(=O)C(=O)C(CCC)NC(=O)[C@@H]1[C@@H](C(C)(C)CC)CCN1C(=O)[C@@H](NC(=O)N[C@H](CN(C)S(=O)(=O)c1ccccn1)C(C)(C)C)C1Cc2ccccc2C1. The number of rotatable bonds is 18. The van der Waals surface area contributed by atoms with E-state index in [1.54, 1.807) is 17.0 Å². The lowest BCUT2D eigenvalue weighted by Crippen LogP contribution is -2.61. The Balaban J connectivity index is 1.66. The zero-order chi connectivity index (χ0) is 43.0. The number of nitrogens with zero attached hydrogens (tertiary/aromatic N) is 3. The summed E-state index contributed by atoms with van der Waals surface area (Å²) in [6.07, 6.45) is 5.87. The molecule has 0 spiro atoms. The van der Waals surface area contributed by atoms with E-state index in [1.165, 1.54) is 25.4 Å². The number of ketones is 1. The van der Waals surface area contributed by atoms with Crippen LogP contribution in [0.4, 0.5) is 4.79 Å². The summed E-state index contributed by atoms with van der Waals surface area (Å²) < 4.78 is 28.0. The molecule has 0 radical (unpaired) electrons. The number of sulfonamides is 1. The second-order valence-corrected chi connectivity index (χ2v) is 19.3. The number of hydrogen-bond acceptors (Lipinski definition) is 8. The third-order valence-electron chi connectivity index (χ3n) is 11.9. The van der Waals surface area contributed by atoms with Crippen molar-refractivity contribution in [3.8, 4) is 0 Å². The van der Waals surface area contributed by atoms with E-state index in [0.29, 0.717) is 32.1 Å². The molecule has 2 aromatic rings. The molecule has 2 heterocycles. The zero-order valence-corrected chi connectivity index (χ0v) is 36.2. The Labute approximate surface area is 344 Å². The summed E-state index contributed by atoms with van der Waals surface area (Å²) in [4.78, 5) is 75.2. The van der Waals surface area contributed by atoms with Crippen LogP contribution in [0, 0.1) is 22.7 Å². The molecular weight excluding hydrogens is 759 g/mol. The normalized spacial score (nSPS) is 18.8. The Kier molecular flexibility index (Phi) is 15.4. The highest BCUT2D eigenvalue weighted by Crippen LogP contribution is 2.42. The first kappa shape index (κ1) is 46.1. The van der Waals surface area contributed by atoms with Gasteiger partial charge >= 0.3 is 6.03 Å². The summed E-state index contributed by atoms with van der Waals surface area (Å²) in [5.41, 5.74) is 1.14. The van der Waals surface area contributed by atoms with Crippen molar-refractivity contribution in [1.82, 2.24) is 35.5 Å². The van der Waals surface area contributed by atoms with Crippen molar-refractivity contribution >= 4 is 39.6 Å². The van der Waals surface area contributed by atoms with Gasteiger partial charge in [0, 0.05) is 38.9 Å². The average molecular weight is 822 g/mol. The fourth-order valence-corrected chi connectivity index (χ4v) is 9.06. The molecule has 4 rings (SSSR count). The minimum absolute atomic E-state index is 0.0747. The van der Waals surface area contributed by atoms with Crippen molar-refractivity contribution < 1.29 is 32.4 Å². The Morgan fingerprint density at radius 3 is 2.16 bits per heavy atom. The summed E-state index contributed by atoms with van der Waals surface area (Å²) in [7, 11) is -2.54. The highest BCUT2D eigenvalue weighted by Gasteiger charge is 2.51. The van der Waals surface area contributed by atoms with Gasteiger partial charge in [-0.25, -0.2) is 18.2 Å². The molecule has 4 N–H and O–H groups in total. The number of carbonyl (C=O) groups is 5. The van der Waals surface area contributed by atoms with Crippen LogP contribution in [0.1, 0.15) is 85.3 Å². The predicted molar refractivity (Wildman–Crippen MR) is 223 cm³/mol. The van der Waals surface area contributed by atoms with Crippen LogP contribution in [0.3, 0.4) is 0 Å². The van der Waals surface area contributed by atoms with Gasteiger partial charge in [-0.05, 0) is 71.6 Å². The van der Waals surface area contributed by atoms with E-state index >= 15 is 4.79 Å². The summed E-state index contributed by atoms with van der Waals surface area (Å²) in [6, 6.07) is 8.04. The molecule has 1 aliphatic carbocycles. The van der Waals surface area contributed by atoms with Crippen LogP contribution in [-0.4, -0.2) is 103 Å². The number of carbonyl (C=O) groups excluding carboxylic acids is 5. The average Bonchev–Trinajstić information content (AvgIpc) is 3.84. The van der Waals surface area contributed by atoms with Gasteiger partial charge in [-0.15, -0.1) is 6.58 Å². The topological polar surface area (TPSA) is 187 Å². The van der Waals surface area contributed by atoms with Crippen LogP contribution in [0.25, 0.3) is 0 Å².